The number of rotatable bonds is 6. The molecule has 2 aliphatic rings. The number of hydrogen-bond donors (Lipinski definition) is 0. The number of carbonyl (C=O) groups is 1. The van der Waals surface area contributed by atoms with Crippen LogP contribution < -0.4 is 9.47 Å². The van der Waals surface area contributed by atoms with Crippen molar-refractivity contribution in [3.05, 3.63) is 65.4 Å². The van der Waals surface area contributed by atoms with E-state index in [1.165, 1.54) is 5.56 Å². The molecule has 1 fully saturated rings. The molecule has 0 radical (unpaired) electrons. The fraction of sp³-hybridized carbons (Fsp3) is 0.360. The second-order valence-electron chi connectivity index (χ2n) is 8.59. The highest BCUT2D eigenvalue weighted by molar-refractivity contribution is 7.91. The van der Waals surface area contributed by atoms with Crippen LogP contribution in [0.1, 0.15) is 35.0 Å². The second kappa shape index (κ2) is 9.13. The maximum atomic E-state index is 13.5. The Morgan fingerprint density at radius 1 is 1.03 bits per heavy atom. The highest BCUT2D eigenvalue weighted by Crippen LogP contribution is 2.35. The first-order chi connectivity index (χ1) is 16.4. The molecule has 1 amide bonds. The van der Waals surface area contributed by atoms with E-state index in [0.717, 1.165) is 12.0 Å². The normalized spacial score (nSPS) is 18.6. The molecule has 0 unspecified atom stereocenters. The van der Waals surface area contributed by atoms with E-state index < -0.39 is 15.9 Å². The third kappa shape index (κ3) is 4.65. The van der Waals surface area contributed by atoms with Crippen LogP contribution in [0.25, 0.3) is 11.3 Å². The number of carbonyl (C=O) groups excluding carboxylic acids is 1. The van der Waals surface area contributed by atoms with Crippen LogP contribution in [0.5, 0.6) is 11.5 Å². The Hall–Kier alpha value is -3.33. The number of aromatic nitrogens is 1. The van der Waals surface area contributed by atoms with Crippen molar-refractivity contribution in [2.24, 2.45) is 0 Å². The van der Waals surface area contributed by atoms with Crippen LogP contribution in [0.15, 0.2) is 53.1 Å². The summed E-state index contributed by atoms with van der Waals surface area (Å²) in [6.45, 7) is 3.35. The molecule has 3 aromatic rings. The maximum Gasteiger partial charge on any atom is 0.276 e. The van der Waals surface area contributed by atoms with Gasteiger partial charge >= 0.3 is 0 Å². The minimum Gasteiger partial charge on any atom is -0.486 e. The van der Waals surface area contributed by atoms with E-state index in [2.05, 4.69) is 12.1 Å². The minimum absolute atomic E-state index is 0.0430. The van der Waals surface area contributed by atoms with Gasteiger partial charge < -0.3 is 18.9 Å². The topological polar surface area (TPSA) is 98.9 Å². The predicted molar refractivity (Wildman–Crippen MR) is 126 cm³/mol. The van der Waals surface area contributed by atoms with Gasteiger partial charge in [-0.1, -0.05) is 36.3 Å². The first-order valence-corrected chi connectivity index (χ1v) is 13.2. The molecule has 0 spiro atoms. The summed E-state index contributed by atoms with van der Waals surface area (Å²) in [5.74, 6) is 1.38. The minimum atomic E-state index is -3.17. The predicted octanol–water partition coefficient (Wildman–Crippen LogP) is 3.50. The van der Waals surface area contributed by atoms with Gasteiger partial charge in [0, 0.05) is 24.2 Å². The smallest absolute Gasteiger partial charge is 0.276 e. The van der Waals surface area contributed by atoms with E-state index in [1.807, 2.05) is 30.3 Å². The van der Waals surface area contributed by atoms with E-state index in [0.29, 0.717) is 49.0 Å². The quantitative estimate of drug-likeness (QED) is 0.530. The van der Waals surface area contributed by atoms with E-state index >= 15 is 0 Å². The fourth-order valence-electron chi connectivity index (χ4n) is 4.32. The molecule has 178 valence electrons. The lowest BCUT2D eigenvalue weighted by Crippen LogP contribution is -2.40. The van der Waals surface area contributed by atoms with Gasteiger partial charge in [-0.15, -0.1) is 0 Å². The van der Waals surface area contributed by atoms with E-state index in [9.17, 15) is 13.2 Å². The molecule has 5 rings (SSSR count). The lowest BCUT2D eigenvalue weighted by Gasteiger charge is -2.27. The molecule has 3 heterocycles. The average Bonchev–Trinajstić information content (AvgIpc) is 3.49. The zero-order chi connectivity index (χ0) is 23.7. The highest BCUT2D eigenvalue weighted by Gasteiger charge is 2.36. The first-order valence-electron chi connectivity index (χ1n) is 11.4. The van der Waals surface area contributed by atoms with Crippen LogP contribution in [0.2, 0.25) is 0 Å². The van der Waals surface area contributed by atoms with Crippen LogP contribution in [0.3, 0.4) is 0 Å². The van der Waals surface area contributed by atoms with Crippen molar-refractivity contribution >= 4 is 15.7 Å². The summed E-state index contributed by atoms with van der Waals surface area (Å²) in [4.78, 5) is 15.1. The zero-order valence-electron chi connectivity index (χ0n) is 18.9. The molecular formula is C25H26N2O6S. The third-order valence-corrected chi connectivity index (χ3v) is 8.00. The van der Waals surface area contributed by atoms with Gasteiger partial charge in [0.1, 0.15) is 13.2 Å². The Morgan fingerprint density at radius 3 is 2.47 bits per heavy atom. The SMILES string of the molecule is CCc1ccc(CN(C(=O)c2cc(-c3ccc4c(c3)OCCO4)on2)[C@@H]2CCS(=O)(=O)C2)cc1. The van der Waals surface area contributed by atoms with Crippen LogP contribution in [-0.2, 0) is 22.8 Å². The van der Waals surface area contributed by atoms with Crippen molar-refractivity contribution in [3.8, 4) is 22.8 Å². The third-order valence-electron chi connectivity index (χ3n) is 6.25. The number of nitrogens with zero attached hydrogens (tertiary/aromatic N) is 2. The van der Waals surface area contributed by atoms with Crippen LogP contribution in [0.4, 0.5) is 0 Å². The molecule has 1 atom stereocenters. The summed E-state index contributed by atoms with van der Waals surface area (Å²) in [5, 5.41) is 4.01. The molecule has 0 bridgehead atoms. The molecule has 9 heteroatoms. The Balaban J connectivity index is 1.41. The Bertz CT molecular complexity index is 1300. The number of amides is 1. The van der Waals surface area contributed by atoms with Gasteiger partial charge in [0.05, 0.1) is 11.5 Å². The van der Waals surface area contributed by atoms with Gasteiger partial charge in [-0.2, -0.15) is 0 Å². The van der Waals surface area contributed by atoms with Crippen molar-refractivity contribution < 1.29 is 27.2 Å². The molecule has 0 saturated carbocycles. The molecule has 1 saturated heterocycles. The standard InChI is InChI=1S/C25H26N2O6S/c1-2-17-3-5-18(6-4-17)15-27(20-9-12-34(29,30)16-20)25(28)21-14-23(33-26-21)19-7-8-22-24(13-19)32-11-10-31-22/h3-8,13-14,20H,2,9-12,15-16H2,1H3/t20-/m1/s1. The lowest BCUT2D eigenvalue weighted by atomic mass is 10.1. The number of benzene rings is 2. The van der Waals surface area contributed by atoms with Crippen LogP contribution in [0, 0.1) is 0 Å². The van der Waals surface area contributed by atoms with Gasteiger partial charge in [0.2, 0.25) is 0 Å². The Morgan fingerprint density at radius 2 is 1.76 bits per heavy atom. The van der Waals surface area contributed by atoms with Crippen molar-refractivity contribution in [1.82, 2.24) is 10.1 Å². The summed E-state index contributed by atoms with van der Waals surface area (Å²) in [5.41, 5.74) is 2.98. The largest absolute Gasteiger partial charge is 0.486 e. The summed E-state index contributed by atoms with van der Waals surface area (Å²) in [7, 11) is -3.17. The van der Waals surface area contributed by atoms with Gasteiger partial charge in [0.15, 0.2) is 32.8 Å². The summed E-state index contributed by atoms with van der Waals surface area (Å²) in [6, 6.07) is 14.6. The Kier molecular flexibility index (Phi) is 6.03. The van der Waals surface area contributed by atoms with Crippen LogP contribution in [-0.4, -0.2) is 55.1 Å². The molecule has 34 heavy (non-hydrogen) atoms. The highest BCUT2D eigenvalue weighted by atomic mass is 32.2. The first kappa shape index (κ1) is 22.5. The molecule has 8 nitrogen and oxygen atoms in total. The number of sulfone groups is 1. The monoisotopic (exact) mass is 482 g/mol. The summed E-state index contributed by atoms with van der Waals surface area (Å²) in [6.07, 6.45) is 1.33. The zero-order valence-corrected chi connectivity index (χ0v) is 19.7. The van der Waals surface area contributed by atoms with E-state index in [-0.39, 0.29) is 23.1 Å². The van der Waals surface area contributed by atoms with Crippen molar-refractivity contribution in [2.75, 3.05) is 24.7 Å². The Labute approximate surface area is 198 Å². The number of ether oxygens (including phenoxy) is 2. The number of fused-ring (bicyclic) bond motifs is 1. The average molecular weight is 483 g/mol. The summed E-state index contributed by atoms with van der Waals surface area (Å²) >= 11 is 0. The van der Waals surface area contributed by atoms with Crippen LogP contribution >= 0.6 is 0 Å². The molecule has 0 N–H and O–H groups in total. The van der Waals surface area contributed by atoms with E-state index in [4.69, 9.17) is 14.0 Å². The molecule has 2 aliphatic heterocycles. The molecule has 1 aromatic heterocycles. The van der Waals surface area contributed by atoms with E-state index in [1.54, 1.807) is 23.1 Å². The van der Waals surface area contributed by atoms with Gasteiger partial charge in [0.25, 0.3) is 5.91 Å². The fourth-order valence-corrected chi connectivity index (χ4v) is 6.05. The van der Waals surface area contributed by atoms with Gasteiger partial charge in [-0.3, -0.25) is 4.79 Å². The van der Waals surface area contributed by atoms with Crippen molar-refractivity contribution in [3.63, 3.8) is 0 Å². The maximum absolute atomic E-state index is 13.5. The number of hydrogen-bond acceptors (Lipinski definition) is 7. The van der Waals surface area contributed by atoms with Gasteiger partial charge in [-0.25, -0.2) is 8.42 Å². The molecule has 2 aromatic carbocycles. The number of aryl methyl sites for hydroxylation is 1. The van der Waals surface area contributed by atoms with Gasteiger partial charge in [-0.05, 0) is 42.2 Å². The molecular weight excluding hydrogens is 456 g/mol. The van der Waals surface area contributed by atoms with Crippen molar-refractivity contribution in [1.29, 1.82) is 0 Å². The second-order valence-corrected chi connectivity index (χ2v) is 10.8. The summed E-state index contributed by atoms with van der Waals surface area (Å²) < 4.78 is 41.0. The lowest BCUT2D eigenvalue weighted by molar-refractivity contribution is 0.0670. The van der Waals surface area contributed by atoms with Crippen molar-refractivity contribution in [2.45, 2.75) is 32.4 Å². The molecule has 0 aliphatic carbocycles.